The molecule has 0 radical (unpaired) electrons. The van der Waals surface area contributed by atoms with Gasteiger partial charge >= 0.3 is 5.97 Å². The van der Waals surface area contributed by atoms with Gasteiger partial charge in [0.2, 0.25) is 0 Å². The molecule has 14 heavy (non-hydrogen) atoms. The zero-order valence-corrected chi connectivity index (χ0v) is 8.81. The fourth-order valence-corrected chi connectivity index (χ4v) is 1.38. The first-order valence-electron chi connectivity index (χ1n) is 5.06. The predicted molar refractivity (Wildman–Crippen MR) is 54.6 cm³/mol. The molecule has 0 aliphatic carbocycles. The number of carboxylic acids is 1. The van der Waals surface area contributed by atoms with Crippen LogP contribution in [0.4, 0.5) is 0 Å². The van der Waals surface area contributed by atoms with Crippen LogP contribution in [0, 0.1) is 0 Å². The molecule has 1 N–H and O–H groups in total. The van der Waals surface area contributed by atoms with Gasteiger partial charge in [-0.15, -0.1) is 0 Å². The Labute approximate surface area is 84.8 Å². The van der Waals surface area contributed by atoms with Gasteiger partial charge in [0.05, 0.1) is 6.67 Å². The highest BCUT2D eigenvalue weighted by atomic mass is 16.4. The number of hydrogen-bond acceptors (Lipinski definition) is 3. The van der Waals surface area contributed by atoms with Crippen LogP contribution in [-0.2, 0) is 4.79 Å². The summed E-state index contributed by atoms with van der Waals surface area (Å²) in [7, 11) is 0. The summed E-state index contributed by atoms with van der Waals surface area (Å²) >= 11 is 0. The van der Waals surface area contributed by atoms with Crippen LogP contribution in [0.5, 0.6) is 0 Å². The van der Waals surface area contributed by atoms with Crippen molar-refractivity contribution in [3.05, 3.63) is 12.4 Å². The second-order valence-electron chi connectivity index (χ2n) is 3.63. The molecule has 0 spiro atoms. The van der Waals surface area contributed by atoms with Gasteiger partial charge in [0, 0.05) is 18.9 Å². The molecule has 4 heteroatoms. The van der Waals surface area contributed by atoms with E-state index in [1.807, 2.05) is 17.3 Å². The van der Waals surface area contributed by atoms with Crippen LogP contribution in [-0.4, -0.2) is 40.1 Å². The third kappa shape index (κ3) is 2.65. The number of carbonyl (C=O) groups is 1. The summed E-state index contributed by atoms with van der Waals surface area (Å²) in [6, 6.07) is -0.433. The van der Waals surface area contributed by atoms with E-state index in [9.17, 15) is 4.79 Å². The average molecular weight is 198 g/mol. The molecule has 0 aromatic rings. The first kappa shape index (κ1) is 10.9. The summed E-state index contributed by atoms with van der Waals surface area (Å²) in [5, 5.41) is 8.81. The maximum absolute atomic E-state index is 10.7. The number of unbranched alkanes of at least 4 members (excludes halogenated alkanes) is 1. The Balaban J connectivity index is 2.35. The zero-order chi connectivity index (χ0) is 10.6. The molecule has 1 aliphatic heterocycles. The largest absolute Gasteiger partial charge is 0.480 e. The third-order valence-electron chi connectivity index (χ3n) is 2.47. The smallest absolute Gasteiger partial charge is 0.326 e. The summed E-state index contributed by atoms with van der Waals surface area (Å²) < 4.78 is 0. The van der Waals surface area contributed by atoms with E-state index in [-0.39, 0.29) is 0 Å². The molecule has 1 rings (SSSR count). The molecule has 0 aromatic carbocycles. The van der Waals surface area contributed by atoms with Crippen LogP contribution in [0.15, 0.2) is 12.4 Å². The van der Waals surface area contributed by atoms with Gasteiger partial charge in [-0.25, -0.2) is 4.79 Å². The van der Waals surface area contributed by atoms with Crippen LogP contribution in [0.25, 0.3) is 0 Å². The molecule has 4 nitrogen and oxygen atoms in total. The van der Waals surface area contributed by atoms with Gasteiger partial charge < -0.3 is 14.9 Å². The highest BCUT2D eigenvalue weighted by molar-refractivity contribution is 5.73. The first-order valence-corrected chi connectivity index (χ1v) is 5.06. The lowest BCUT2D eigenvalue weighted by molar-refractivity contribution is -0.141. The summed E-state index contributed by atoms with van der Waals surface area (Å²) in [4.78, 5) is 14.7. The van der Waals surface area contributed by atoms with Crippen molar-refractivity contribution >= 4 is 5.97 Å². The van der Waals surface area contributed by atoms with E-state index >= 15 is 0 Å². The molecule has 1 atom stereocenters. The van der Waals surface area contributed by atoms with Gasteiger partial charge in [0.15, 0.2) is 0 Å². The molecule has 80 valence electrons. The van der Waals surface area contributed by atoms with Crippen molar-refractivity contribution in [3.8, 4) is 0 Å². The topological polar surface area (TPSA) is 43.8 Å². The molecule has 0 fully saturated rings. The van der Waals surface area contributed by atoms with Crippen molar-refractivity contribution < 1.29 is 9.90 Å². The Morgan fingerprint density at radius 3 is 2.86 bits per heavy atom. The molecule has 0 aromatic heterocycles. The van der Waals surface area contributed by atoms with Crippen LogP contribution >= 0.6 is 0 Å². The van der Waals surface area contributed by atoms with Crippen LogP contribution < -0.4 is 0 Å². The van der Waals surface area contributed by atoms with Gasteiger partial charge in [-0.3, -0.25) is 0 Å². The van der Waals surface area contributed by atoms with Crippen molar-refractivity contribution in [3.63, 3.8) is 0 Å². The van der Waals surface area contributed by atoms with Crippen molar-refractivity contribution in [2.24, 2.45) is 0 Å². The maximum Gasteiger partial charge on any atom is 0.326 e. The van der Waals surface area contributed by atoms with Crippen LogP contribution in [0.2, 0.25) is 0 Å². The molecule has 0 saturated heterocycles. The summed E-state index contributed by atoms with van der Waals surface area (Å²) in [6.45, 7) is 5.57. The van der Waals surface area contributed by atoms with E-state index in [2.05, 4.69) is 11.8 Å². The lowest BCUT2D eigenvalue weighted by atomic mass is 10.3. The number of rotatable bonds is 5. The lowest BCUT2D eigenvalue weighted by Crippen LogP contribution is -2.37. The fraction of sp³-hybridized carbons (Fsp3) is 0.700. The van der Waals surface area contributed by atoms with Gasteiger partial charge in [-0.1, -0.05) is 13.3 Å². The Morgan fingerprint density at radius 2 is 2.29 bits per heavy atom. The van der Waals surface area contributed by atoms with Gasteiger partial charge in [-0.2, -0.15) is 0 Å². The van der Waals surface area contributed by atoms with E-state index < -0.39 is 12.0 Å². The quantitative estimate of drug-likeness (QED) is 0.723. The molecule has 0 amide bonds. The monoisotopic (exact) mass is 198 g/mol. The molecular weight excluding hydrogens is 180 g/mol. The van der Waals surface area contributed by atoms with E-state index in [4.69, 9.17) is 5.11 Å². The standard InChI is InChI=1S/C10H18N2O2/c1-3-4-5-11-6-7-12(8-11)9(2)10(13)14/h6-7,9H,3-5,8H2,1-2H3,(H,13,14). The van der Waals surface area contributed by atoms with Crippen molar-refractivity contribution in [1.29, 1.82) is 0 Å². The molecule has 1 heterocycles. The summed E-state index contributed by atoms with van der Waals surface area (Å²) in [5.41, 5.74) is 0. The molecule has 0 bridgehead atoms. The van der Waals surface area contributed by atoms with Crippen molar-refractivity contribution in [2.75, 3.05) is 13.2 Å². The highest BCUT2D eigenvalue weighted by Crippen LogP contribution is 2.11. The third-order valence-corrected chi connectivity index (χ3v) is 2.47. The second kappa shape index (κ2) is 4.88. The number of hydrogen-bond donors (Lipinski definition) is 1. The SMILES string of the molecule is CCCCN1C=CN(C(C)C(=O)O)C1. The minimum atomic E-state index is -0.771. The minimum Gasteiger partial charge on any atom is -0.480 e. The van der Waals surface area contributed by atoms with Gasteiger partial charge in [0.1, 0.15) is 6.04 Å². The van der Waals surface area contributed by atoms with E-state index in [1.165, 1.54) is 6.42 Å². The van der Waals surface area contributed by atoms with Crippen LogP contribution in [0.3, 0.4) is 0 Å². The Morgan fingerprint density at radius 1 is 1.57 bits per heavy atom. The van der Waals surface area contributed by atoms with Gasteiger partial charge in [-0.05, 0) is 13.3 Å². The van der Waals surface area contributed by atoms with E-state index in [1.54, 1.807) is 6.92 Å². The Kier molecular flexibility index (Phi) is 3.80. The lowest BCUT2D eigenvalue weighted by Gasteiger charge is -2.24. The second-order valence-corrected chi connectivity index (χ2v) is 3.63. The molecular formula is C10H18N2O2. The van der Waals surface area contributed by atoms with E-state index in [0.717, 1.165) is 13.0 Å². The first-order chi connectivity index (χ1) is 6.65. The molecule has 1 unspecified atom stereocenters. The number of aliphatic carboxylic acids is 1. The highest BCUT2D eigenvalue weighted by Gasteiger charge is 2.21. The normalized spacial score (nSPS) is 17.6. The van der Waals surface area contributed by atoms with Crippen molar-refractivity contribution in [1.82, 2.24) is 9.80 Å². The zero-order valence-electron chi connectivity index (χ0n) is 8.81. The predicted octanol–water partition coefficient (Wildman–Crippen LogP) is 1.31. The molecule has 1 aliphatic rings. The Hall–Kier alpha value is -1.19. The summed E-state index contributed by atoms with van der Waals surface area (Å²) in [5.74, 6) is -0.771. The number of nitrogens with zero attached hydrogens (tertiary/aromatic N) is 2. The minimum absolute atomic E-state index is 0.433. The number of carboxylic acid groups (broad SMARTS) is 1. The maximum atomic E-state index is 10.7. The van der Waals surface area contributed by atoms with Crippen LogP contribution in [0.1, 0.15) is 26.7 Å². The molecule has 0 saturated carbocycles. The summed E-state index contributed by atoms with van der Waals surface area (Å²) in [6.07, 6.45) is 6.14. The Bertz CT molecular complexity index is 228. The average Bonchev–Trinajstić information content (AvgIpc) is 2.61. The van der Waals surface area contributed by atoms with Crippen molar-refractivity contribution in [2.45, 2.75) is 32.7 Å². The van der Waals surface area contributed by atoms with E-state index in [0.29, 0.717) is 6.67 Å². The van der Waals surface area contributed by atoms with Gasteiger partial charge in [0.25, 0.3) is 0 Å². The fourth-order valence-electron chi connectivity index (χ4n) is 1.38.